The van der Waals surface area contributed by atoms with Gasteiger partial charge in [-0.3, -0.25) is 19.2 Å². The molecular weight excluding hydrogens is 436 g/mol. The van der Waals surface area contributed by atoms with Crippen LogP contribution in [0.1, 0.15) is 26.7 Å². The summed E-state index contributed by atoms with van der Waals surface area (Å²) in [6.07, 6.45) is 1.47. The molecule has 0 heterocycles. The van der Waals surface area contributed by atoms with E-state index in [2.05, 4.69) is 28.6 Å². The first-order valence-corrected chi connectivity index (χ1v) is 11.2. The monoisotopic (exact) mass is 466 g/mol. The lowest BCUT2D eigenvalue weighted by molar-refractivity contribution is -0.144. The second-order valence-corrected chi connectivity index (χ2v) is 8.21. The predicted octanol–water partition coefficient (Wildman–Crippen LogP) is -1.33. The Morgan fingerprint density at radius 1 is 0.967 bits per heavy atom. The Bertz CT molecular complexity index is 633. The molecule has 3 amide bonds. The van der Waals surface area contributed by atoms with E-state index in [1.165, 1.54) is 11.8 Å². The molecule has 0 aliphatic carbocycles. The Kier molecular flexibility index (Phi) is 13.2. The highest BCUT2D eigenvalue weighted by Crippen LogP contribution is 2.05. The second kappa shape index (κ2) is 14.1. The van der Waals surface area contributed by atoms with Crippen molar-refractivity contribution in [3.63, 3.8) is 0 Å². The summed E-state index contributed by atoms with van der Waals surface area (Å²) in [5.74, 6) is -5.01. The quantitative estimate of drug-likeness (QED) is 0.152. The van der Waals surface area contributed by atoms with Gasteiger partial charge in [-0.2, -0.15) is 24.4 Å². The maximum absolute atomic E-state index is 12.5. The average molecular weight is 467 g/mol. The van der Waals surface area contributed by atoms with Crippen LogP contribution in [-0.2, 0) is 24.0 Å². The third kappa shape index (κ3) is 10.2. The summed E-state index contributed by atoms with van der Waals surface area (Å²) in [6.45, 7) is 3.13. The lowest BCUT2D eigenvalue weighted by Gasteiger charge is -2.24. The second-order valence-electron chi connectivity index (χ2n) is 6.86. The molecular formula is C17H30N4O7S2. The van der Waals surface area contributed by atoms with E-state index in [-0.39, 0.29) is 5.75 Å². The summed E-state index contributed by atoms with van der Waals surface area (Å²) < 4.78 is 0. The van der Waals surface area contributed by atoms with Crippen molar-refractivity contribution in [2.45, 2.75) is 50.9 Å². The van der Waals surface area contributed by atoms with Crippen molar-refractivity contribution in [1.29, 1.82) is 0 Å². The minimum atomic E-state index is -1.54. The topological polar surface area (TPSA) is 188 Å². The van der Waals surface area contributed by atoms with Crippen LogP contribution in [0.2, 0.25) is 0 Å². The summed E-state index contributed by atoms with van der Waals surface area (Å²) in [5, 5.41) is 25.1. The molecule has 30 heavy (non-hydrogen) atoms. The Labute approximate surface area is 184 Å². The molecule has 0 rings (SSSR count). The molecule has 4 atom stereocenters. The number of nitrogens with two attached hydrogens (primary N) is 1. The number of carboxylic acid groups (broad SMARTS) is 2. The van der Waals surface area contributed by atoms with Crippen LogP contribution in [0.15, 0.2) is 0 Å². The van der Waals surface area contributed by atoms with E-state index < -0.39 is 66.2 Å². The van der Waals surface area contributed by atoms with Crippen LogP contribution in [0.25, 0.3) is 0 Å². The van der Waals surface area contributed by atoms with Gasteiger partial charge in [0.25, 0.3) is 0 Å². The fourth-order valence-corrected chi connectivity index (χ4v) is 3.02. The highest BCUT2D eigenvalue weighted by atomic mass is 32.2. The molecule has 0 aromatic heterocycles. The fourth-order valence-electron chi connectivity index (χ4n) is 2.27. The maximum atomic E-state index is 12.5. The molecule has 0 spiro atoms. The van der Waals surface area contributed by atoms with Crippen molar-refractivity contribution in [1.82, 2.24) is 16.0 Å². The predicted molar refractivity (Wildman–Crippen MR) is 115 cm³/mol. The largest absolute Gasteiger partial charge is 0.481 e. The molecule has 0 bridgehead atoms. The van der Waals surface area contributed by atoms with Crippen molar-refractivity contribution >= 4 is 54.1 Å². The molecule has 0 aliphatic rings. The van der Waals surface area contributed by atoms with Crippen LogP contribution in [0.3, 0.4) is 0 Å². The van der Waals surface area contributed by atoms with E-state index in [0.29, 0.717) is 12.2 Å². The van der Waals surface area contributed by atoms with Crippen molar-refractivity contribution < 1.29 is 34.2 Å². The van der Waals surface area contributed by atoms with Crippen molar-refractivity contribution in [2.75, 3.05) is 17.8 Å². The van der Waals surface area contributed by atoms with Crippen LogP contribution in [0, 0.1) is 5.92 Å². The van der Waals surface area contributed by atoms with Gasteiger partial charge < -0.3 is 31.9 Å². The summed E-state index contributed by atoms with van der Waals surface area (Å²) >= 11 is 5.51. The molecule has 0 saturated heterocycles. The molecule has 0 saturated carbocycles. The summed E-state index contributed by atoms with van der Waals surface area (Å²) in [7, 11) is 0. The molecule has 172 valence electrons. The van der Waals surface area contributed by atoms with Gasteiger partial charge in [0.1, 0.15) is 18.1 Å². The Hall–Kier alpha value is -1.99. The lowest BCUT2D eigenvalue weighted by atomic mass is 10.0. The van der Waals surface area contributed by atoms with Gasteiger partial charge in [-0.1, -0.05) is 13.8 Å². The first-order valence-electron chi connectivity index (χ1n) is 9.15. The van der Waals surface area contributed by atoms with Crippen LogP contribution < -0.4 is 21.7 Å². The van der Waals surface area contributed by atoms with Crippen LogP contribution >= 0.6 is 24.4 Å². The molecule has 0 aromatic carbocycles. The first kappa shape index (κ1) is 28.0. The first-order chi connectivity index (χ1) is 13.9. The number of hydrogen-bond donors (Lipinski definition) is 7. The van der Waals surface area contributed by atoms with Gasteiger partial charge in [0.2, 0.25) is 17.7 Å². The van der Waals surface area contributed by atoms with E-state index in [1.54, 1.807) is 13.8 Å². The van der Waals surface area contributed by atoms with Gasteiger partial charge in [-0.25, -0.2) is 4.79 Å². The Balaban J connectivity index is 5.22. The number of rotatable bonds is 14. The lowest BCUT2D eigenvalue weighted by Crippen LogP contribution is -2.58. The number of aliphatic carboxylic acids is 2. The maximum Gasteiger partial charge on any atom is 0.326 e. The SMILES string of the molecule is CSCCC(N)C(=O)NC(CS)C(=O)NC(CC(=O)O)C(=O)NC(C(=O)O)C(C)C. The summed E-state index contributed by atoms with van der Waals surface area (Å²) in [6, 6.07) is -4.81. The van der Waals surface area contributed by atoms with Gasteiger partial charge in [0.15, 0.2) is 0 Å². The van der Waals surface area contributed by atoms with Gasteiger partial charge in [0, 0.05) is 5.75 Å². The van der Waals surface area contributed by atoms with Crippen LogP contribution in [0.5, 0.6) is 0 Å². The molecule has 0 aliphatic heterocycles. The zero-order valence-corrected chi connectivity index (χ0v) is 18.8. The van der Waals surface area contributed by atoms with E-state index in [4.69, 9.17) is 10.8 Å². The van der Waals surface area contributed by atoms with Gasteiger partial charge in [-0.15, -0.1) is 0 Å². The molecule has 4 unspecified atom stereocenters. The zero-order chi connectivity index (χ0) is 23.4. The number of thiol groups is 1. The zero-order valence-electron chi connectivity index (χ0n) is 17.1. The molecule has 0 fully saturated rings. The fraction of sp³-hybridized carbons (Fsp3) is 0.706. The molecule has 13 heteroatoms. The van der Waals surface area contributed by atoms with Crippen molar-refractivity contribution in [3.8, 4) is 0 Å². The van der Waals surface area contributed by atoms with E-state index >= 15 is 0 Å². The van der Waals surface area contributed by atoms with Crippen molar-refractivity contribution in [3.05, 3.63) is 0 Å². The smallest absolute Gasteiger partial charge is 0.326 e. The number of carbonyl (C=O) groups excluding carboxylic acids is 3. The van der Waals surface area contributed by atoms with Gasteiger partial charge in [-0.05, 0) is 24.3 Å². The minimum Gasteiger partial charge on any atom is -0.481 e. The van der Waals surface area contributed by atoms with E-state index in [1.807, 2.05) is 6.26 Å². The number of hydrogen-bond acceptors (Lipinski definition) is 8. The highest BCUT2D eigenvalue weighted by molar-refractivity contribution is 7.98. The molecule has 0 aromatic rings. The van der Waals surface area contributed by atoms with Crippen molar-refractivity contribution in [2.24, 2.45) is 11.7 Å². The Morgan fingerprint density at radius 2 is 1.50 bits per heavy atom. The number of carboxylic acids is 2. The van der Waals surface area contributed by atoms with E-state index in [0.717, 1.165) is 0 Å². The third-order valence-corrected chi connectivity index (χ3v) is 5.04. The molecule has 7 N–H and O–H groups in total. The standard InChI is InChI=1S/C17H30N4O7S2/c1-8(2)13(17(27)28)21-15(25)10(6-12(22)23)19-16(26)11(7-29)20-14(24)9(18)4-5-30-3/h8-11,13,29H,4-7,18H2,1-3H3,(H,19,26)(H,20,24)(H,21,25)(H,22,23)(H,27,28). The summed E-state index contributed by atoms with van der Waals surface area (Å²) in [5.41, 5.74) is 5.75. The number of nitrogens with one attached hydrogen (secondary N) is 3. The Morgan fingerprint density at radius 3 is 1.93 bits per heavy atom. The van der Waals surface area contributed by atoms with Crippen LogP contribution in [-0.4, -0.2) is 81.8 Å². The number of carbonyl (C=O) groups is 5. The van der Waals surface area contributed by atoms with Gasteiger partial charge in [0.05, 0.1) is 12.5 Å². The van der Waals surface area contributed by atoms with Gasteiger partial charge >= 0.3 is 11.9 Å². The minimum absolute atomic E-state index is 0.127. The molecule has 0 radical (unpaired) electrons. The van der Waals surface area contributed by atoms with Crippen LogP contribution in [0.4, 0.5) is 0 Å². The molecule has 11 nitrogen and oxygen atoms in total. The normalized spacial score (nSPS) is 14.9. The summed E-state index contributed by atoms with van der Waals surface area (Å²) in [4.78, 5) is 59.4. The number of thioether (sulfide) groups is 1. The third-order valence-electron chi connectivity index (χ3n) is 4.03. The van der Waals surface area contributed by atoms with E-state index in [9.17, 15) is 29.1 Å². The average Bonchev–Trinajstić information content (AvgIpc) is 2.66. The highest BCUT2D eigenvalue weighted by Gasteiger charge is 2.32. The number of amides is 3.